The first-order valence-electron chi connectivity index (χ1n) is 9.77. The highest BCUT2D eigenvalue weighted by molar-refractivity contribution is 5.91. The zero-order valence-electron chi connectivity index (χ0n) is 16.5. The van der Waals surface area contributed by atoms with Crippen LogP contribution in [0.3, 0.4) is 0 Å². The topological polar surface area (TPSA) is 91.1 Å². The first kappa shape index (κ1) is 21.2. The molecule has 1 atom stereocenters. The lowest BCUT2D eigenvalue weighted by atomic mass is 10.2. The number of oxazole rings is 1. The molecule has 1 amide bonds. The van der Waals surface area contributed by atoms with E-state index in [1.54, 1.807) is 12.1 Å². The van der Waals surface area contributed by atoms with Crippen LogP contribution >= 0.6 is 0 Å². The number of aliphatic hydroxyl groups excluding tert-OH is 1. The van der Waals surface area contributed by atoms with Crippen LogP contribution in [-0.2, 0) is 11.3 Å². The average Bonchev–Trinajstić information content (AvgIpc) is 3.20. The Balaban J connectivity index is 1.45. The Morgan fingerprint density at radius 3 is 2.83 bits per heavy atom. The van der Waals surface area contributed by atoms with Crippen molar-refractivity contribution in [3.8, 4) is 0 Å². The third kappa shape index (κ3) is 5.99. The molecule has 1 aromatic heterocycles. The molecular formula is C20H27FN4O4. The highest BCUT2D eigenvalue weighted by atomic mass is 19.1. The van der Waals surface area contributed by atoms with Crippen LogP contribution in [0.5, 0.6) is 0 Å². The van der Waals surface area contributed by atoms with Gasteiger partial charge in [-0.25, -0.2) is 9.37 Å². The van der Waals surface area contributed by atoms with Crippen molar-refractivity contribution < 1.29 is 23.4 Å². The van der Waals surface area contributed by atoms with Gasteiger partial charge in [-0.15, -0.1) is 0 Å². The summed E-state index contributed by atoms with van der Waals surface area (Å²) in [5.74, 6) is -0.167. The van der Waals surface area contributed by atoms with E-state index in [1.807, 2.05) is 17.9 Å². The summed E-state index contributed by atoms with van der Waals surface area (Å²) < 4.78 is 24.4. The number of benzene rings is 1. The molecule has 1 aromatic carbocycles. The van der Waals surface area contributed by atoms with Crippen molar-refractivity contribution in [1.82, 2.24) is 15.2 Å². The molecule has 158 valence electrons. The largest absolute Gasteiger partial charge is 0.447 e. The lowest BCUT2D eigenvalue weighted by Gasteiger charge is -2.35. The minimum atomic E-state index is -0.768. The lowest BCUT2D eigenvalue weighted by Crippen LogP contribution is -2.46. The van der Waals surface area contributed by atoms with Gasteiger partial charge in [0, 0.05) is 39.3 Å². The van der Waals surface area contributed by atoms with Crippen molar-refractivity contribution in [2.24, 2.45) is 0 Å². The second-order valence-electron chi connectivity index (χ2n) is 6.86. The number of para-hydroxylation sites is 1. The number of nitrogens with zero attached hydrogens (tertiary/aromatic N) is 3. The SMILES string of the molecule is CCOCC(O)CNC(=O)c1coc(CN2CCN(c3ccccc3F)CC2)n1. The Kier molecular flexibility index (Phi) is 7.56. The number of ether oxygens (including phenoxy) is 1. The van der Waals surface area contributed by atoms with Crippen molar-refractivity contribution in [1.29, 1.82) is 0 Å². The third-order valence-electron chi connectivity index (χ3n) is 4.72. The van der Waals surface area contributed by atoms with Gasteiger partial charge in [0.1, 0.15) is 12.1 Å². The summed E-state index contributed by atoms with van der Waals surface area (Å²) in [6, 6.07) is 6.78. The molecule has 2 aromatic rings. The third-order valence-corrected chi connectivity index (χ3v) is 4.72. The summed E-state index contributed by atoms with van der Waals surface area (Å²) in [4.78, 5) is 20.5. The van der Waals surface area contributed by atoms with Crippen LogP contribution < -0.4 is 10.2 Å². The molecule has 1 aliphatic rings. The summed E-state index contributed by atoms with van der Waals surface area (Å²) in [6.07, 6.45) is 0.547. The van der Waals surface area contributed by atoms with Crippen molar-refractivity contribution in [2.75, 3.05) is 50.8 Å². The summed E-state index contributed by atoms with van der Waals surface area (Å²) >= 11 is 0. The van der Waals surface area contributed by atoms with Crippen LogP contribution in [0.2, 0.25) is 0 Å². The van der Waals surface area contributed by atoms with Gasteiger partial charge in [-0.3, -0.25) is 9.69 Å². The van der Waals surface area contributed by atoms with Crippen LogP contribution in [0, 0.1) is 5.82 Å². The predicted octanol–water partition coefficient (Wildman–Crippen LogP) is 1.26. The van der Waals surface area contributed by atoms with Gasteiger partial charge < -0.3 is 24.5 Å². The number of hydrogen-bond acceptors (Lipinski definition) is 7. The summed E-state index contributed by atoms with van der Waals surface area (Å²) in [6.45, 7) is 5.95. The molecule has 0 spiro atoms. The smallest absolute Gasteiger partial charge is 0.273 e. The minimum Gasteiger partial charge on any atom is -0.447 e. The van der Waals surface area contributed by atoms with Gasteiger partial charge >= 0.3 is 0 Å². The van der Waals surface area contributed by atoms with E-state index in [-0.39, 0.29) is 24.7 Å². The molecule has 2 heterocycles. The minimum absolute atomic E-state index is 0.0824. The number of rotatable bonds is 9. The van der Waals surface area contributed by atoms with Crippen molar-refractivity contribution in [3.63, 3.8) is 0 Å². The number of hydrogen-bond donors (Lipinski definition) is 2. The van der Waals surface area contributed by atoms with Crippen molar-refractivity contribution in [2.45, 2.75) is 19.6 Å². The quantitative estimate of drug-likeness (QED) is 0.648. The molecule has 29 heavy (non-hydrogen) atoms. The number of carbonyl (C=O) groups is 1. The molecule has 1 saturated heterocycles. The molecule has 0 aliphatic carbocycles. The van der Waals surface area contributed by atoms with Crippen LogP contribution in [-0.4, -0.2) is 72.9 Å². The molecule has 0 bridgehead atoms. The average molecular weight is 406 g/mol. The van der Waals surface area contributed by atoms with Gasteiger partial charge in [-0.1, -0.05) is 12.1 Å². The lowest BCUT2D eigenvalue weighted by molar-refractivity contribution is 0.0417. The van der Waals surface area contributed by atoms with Gasteiger partial charge in [-0.2, -0.15) is 0 Å². The van der Waals surface area contributed by atoms with E-state index in [4.69, 9.17) is 9.15 Å². The Bertz CT molecular complexity index is 792. The van der Waals surface area contributed by atoms with Crippen LogP contribution in [0.15, 0.2) is 34.9 Å². The van der Waals surface area contributed by atoms with Crippen molar-refractivity contribution >= 4 is 11.6 Å². The van der Waals surface area contributed by atoms with Gasteiger partial charge in [0.15, 0.2) is 5.69 Å². The van der Waals surface area contributed by atoms with E-state index in [1.165, 1.54) is 12.3 Å². The Labute approximate surface area is 169 Å². The van der Waals surface area contributed by atoms with Gasteiger partial charge in [0.05, 0.1) is 24.9 Å². The molecular weight excluding hydrogens is 379 g/mol. The van der Waals surface area contributed by atoms with E-state index in [9.17, 15) is 14.3 Å². The standard InChI is InChI=1S/C20H27FN4O4/c1-2-28-13-15(26)11-22-20(27)17-14-29-19(23-17)12-24-7-9-25(10-8-24)18-6-4-3-5-16(18)21/h3-6,14-15,26H,2,7-13H2,1H3,(H,22,27). The van der Waals surface area contributed by atoms with E-state index < -0.39 is 12.0 Å². The molecule has 8 nitrogen and oxygen atoms in total. The predicted molar refractivity (Wildman–Crippen MR) is 105 cm³/mol. The second kappa shape index (κ2) is 10.3. The fourth-order valence-corrected chi connectivity index (χ4v) is 3.15. The first-order valence-corrected chi connectivity index (χ1v) is 9.77. The first-order chi connectivity index (χ1) is 14.1. The maximum atomic E-state index is 13.9. The maximum absolute atomic E-state index is 13.9. The van der Waals surface area contributed by atoms with E-state index >= 15 is 0 Å². The number of nitrogens with one attached hydrogen (secondary N) is 1. The van der Waals surface area contributed by atoms with Crippen LogP contribution in [0.4, 0.5) is 10.1 Å². The summed E-state index contributed by atoms with van der Waals surface area (Å²) in [5.41, 5.74) is 0.794. The Hall–Kier alpha value is -2.49. The number of amides is 1. The van der Waals surface area contributed by atoms with Gasteiger partial charge in [0.25, 0.3) is 5.91 Å². The molecule has 2 N–H and O–H groups in total. The Morgan fingerprint density at radius 2 is 2.10 bits per heavy atom. The van der Waals surface area contributed by atoms with Crippen LogP contribution in [0.1, 0.15) is 23.3 Å². The highest BCUT2D eigenvalue weighted by Gasteiger charge is 2.21. The highest BCUT2D eigenvalue weighted by Crippen LogP contribution is 2.20. The zero-order chi connectivity index (χ0) is 20.6. The van der Waals surface area contributed by atoms with Crippen molar-refractivity contribution in [3.05, 3.63) is 47.9 Å². The normalized spacial score (nSPS) is 16.0. The number of anilines is 1. The Morgan fingerprint density at radius 1 is 1.34 bits per heavy atom. The van der Waals surface area contributed by atoms with E-state index in [0.717, 1.165) is 13.1 Å². The number of aliphatic hydroxyl groups is 1. The van der Waals surface area contributed by atoms with E-state index in [2.05, 4.69) is 15.2 Å². The molecule has 1 fully saturated rings. The number of piperazine rings is 1. The number of halogens is 1. The molecule has 0 radical (unpaired) electrons. The van der Waals surface area contributed by atoms with Crippen LogP contribution in [0.25, 0.3) is 0 Å². The second-order valence-corrected chi connectivity index (χ2v) is 6.86. The van der Waals surface area contributed by atoms with Gasteiger partial charge in [-0.05, 0) is 19.1 Å². The molecule has 0 saturated carbocycles. The molecule has 3 rings (SSSR count). The summed E-state index contributed by atoms with van der Waals surface area (Å²) in [7, 11) is 0. The van der Waals surface area contributed by atoms with Gasteiger partial charge in [0.2, 0.25) is 5.89 Å². The summed E-state index contributed by atoms with van der Waals surface area (Å²) in [5, 5.41) is 12.3. The molecule has 9 heteroatoms. The number of aromatic nitrogens is 1. The fourth-order valence-electron chi connectivity index (χ4n) is 3.15. The number of carbonyl (C=O) groups excluding carboxylic acids is 1. The molecule has 1 aliphatic heterocycles. The maximum Gasteiger partial charge on any atom is 0.273 e. The fraction of sp³-hybridized carbons (Fsp3) is 0.500. The molecule has 1 unspecified atom stereocenters. The van der Waals surface area contributed by atoms with E-state index in [0.29, 0.717) is 37.8 Å². The monoisotopic (exact) mass is 406 g/mol. The zero-order valence-corrected chi connectivity index (χ0v) is 16.5.